The fourth-order valence-corrected chi connectivity index (χ4v) is 3.78. The molecule has 0 N–H and O–H groups in total. The Kier molecular flexibility index (Phi) is 5.92. The summed E-state index contributed by atoms with van der Waals surface area (Å²) in [6.45, 7) is 8.28. The third-order valence-electron chi connectivity index (χ3n) is 5.10. The van der Waals surface area contributed by atoms with Gasteiger partial charge in [0, 0.05) is 38.1 Å². The molecule has 3 rings (SSSR count). The van der Waals surface area contributed by atoms with Crippen LogP contribution in [-0.4, -0.2) is 66.3 Å². The van der Waals surface area contributed by atoms with Crippen molar-refractivity contribution in [2.24, 2.45) is 7.05 Å². The van der Waals surface area contributed by atoms with Crippen LogP contribution < -0.4 is 0 Å². The Bertz CT molecular complexity index is 552. The average molecular weight is 335 g/mol. The molecule has 6 nitrogen and oxygen atoms in total. The number of morpholine rings is 1. The van der Waals surface area contributed by atoms with Crippen LogP contribution in [-0.2, 0) is 27.9 Å². The van der Waals surface area contributed by atoms with Gasteiger partial charge in [0.25, 0.3) is 0 Å². The highest BCUT2D eigenvalue weighted by molar-refractivity contribution is 5.71. The highest BCUT2D eigenvalue weighted by atomic mass is 16.5. The summed E-state index contributed by atoms with van der Waals surface area (Å²) in [6, 6.07) is 4.77. The van der Waals surface area contributed by atoms with E-state index in [9.17, 15) is 4.79 Å². The van der Waals surface area contributed by atoms with Crippen molar-refractivity contribution < 1.29 is 14.3 Å². The van der Waals surface area contributed by atoms with Gasteiger partial charge >= 0.3 is 5.97 Å². The third kappa shape index (κ3) is 3.99. The molecule has 0 amide bonds. The van der Waals surface area contributed by atoms with E-state index < -0.39 is 0 Å². The highest BCUT2D eigenvalue weighted by Crippen LogP contribution is 2.32. The highest BCUT2D eigenvalue weighted by Gasteiger charge is 2.30. The lowest BCUT2D eigenvalue weighted by Crippen LogP contribution is -2.36. The summed E-state index contributed by atoms with van der Waals surface area (Å²) in [7, 11) is 2.14. The van der Waals surface area contributed by atoms with E-state index in [0.29, 0.717) is 19.2 Å². The van der Waals surface area contributed by atoms with Gasteiger partial charge in [-0.2, -0.15) is 0 Å². The lowest BCUT2D eigenvalue weighted by Gasteiger charge is -2.28. The largest absolute Gasteiger partial charge is 0.465 e. The molecule has 1 aromatic heterocycles. The van der Waals surface area contributed by atoms with Crippen molar-refractivity contribution in [1.82, 2.24) is 14.4 Å². The van der Waals surface area contributed by atoms with E-state index in [1.807, 2.05) is 6.92 Å². The Morgan fingerprint density at radius 2 is 2.08 bits per heavy atom. The fraction of sp³-hybridized carbons (Fsp3) is 0.722. The van der Waals surface area contributed by atoms with E-state index in [2.05, 4.69) is 33.5 Å². The van der Waals surface area contributed by atoms with Crippen LogP contribution in [0, 0.1) is 0 Å². The zero-order valence-electron chi connectivity index (χ0n) is 14.9. The Balaban J connectivity index is 1.66. The topological polar surface area (TPSA) is 46.9 Å². The first-order valence-corrected chi connectivity index (χ1v) is 9.03. The van der Waals surface area contributed by atoms with Crippen molar-refractivity contribution in [1.29, 1.82) is 0 Å². The number of rotatable bonds is 6. The minimum Gasteiger partial charge on any atom is -0.465 e. The number of likely N-dealkylation sites (tertiary alicyclic amines) is 1. The smallest absolute Gasteiger partial charge is 0.320 e. The third-order valence-corrected chi connectivity index (χ3v) is 5.10. The first-order chi connectivity index (χ1) is 11.7. The minimum absolute atomic E-state index is 0.118. The number of aromatic nitrogens is 1. The second-order valence-corrected chi connectivity index (χ2v) is 6.63. The minimum atomic E-state index is -0.118. The summed E-state index contributed by atoms with van der Waals surface area (Å²) >= 11 is 0. The molecule has 1 atom stereocenters. The van der Waals surface area contributed by atoms with Gasteiger partial charge in [-0.15, -0.1) is 0 Å². The maximum atomic E-state index is 11.8. The van der Waals surface area contributed by atoms with Gasteiger partial charge in [0.15, 0.2) is 0 Å². The second kappa shape index (κ2) is 8.14. The first kappa shape index (κ1) is 17.5. The molecule has 1 unspecified atom stereocenters. The van der Waals surface area contributed by atoms with E-state index in [1.54, 1.807) is 0 Å². The lowest BCUT2D eigenvalue weighted by molar-refractivity contribution is -0.144. The summed E-state index contributed by atoms with van der Waals surface area (Å²) in [5.41, 5.74) is 2.63. The van der Waals surface area contributed by atoms with Crippen LogP contribution in [0.4, 0.5) is 0 Å². The Labute approximate surface area is 144 Å². The summed E-state index contributed by atoms with van der Waals surface area (Å²) in [6.07, 6.45) is 2.24. The van der Waals surface area contributed by atoms with Gasteiger partial charge < -0.3 is 14.0 Å². The number of hydrogen-bond acceptors (Lipinski definition) is 5. The standard InChI is InChI=1S/C18H29N3O3/c1-3-24-18(22)14-21-8-4-5-17(21)16-7-6-15(19(16)2)13-20-9-11-23-12-10-20/h6-7,17H,3-5,8-14H2,1-2H3. The molecule has 0 spiro atoms. The molecule has 0 saturated carbocycles. The molecule has 3 heterocycles. The Hall–Kier alpha value is -1.37. The number of carbonyl (C=O) groups is 1. The van der Waals surface area contributed by atoms with Crippen LogP contribution in [0.1, 0.15) is 37.2 Å². The second-order valence-electron chi connectivity index (χ2n) is 6.63. The van der Waals surface area contributed by atoms with Gasteiger partial charge in [0.05, 0.1) is 32.4 Å². The molecule has 6 heteroatoms. The summed E-state index contributed by atoms with van der Waals surface area (Å²) in [5.74, 6) is -0.118. The van der Waals surface area contributed by atoms with E-state index in [0.717, 1.165) is 52.2 Å². The van der Waals surface area contributed by atoms with Crippen LogP contribution in [0.5, 0.6) is 0 Å². The summed E-state index contributed by atoms with van der Waals surface area (Å²) in [5, 5.41) is 0. The molecule has 0 aromatic carbocycles. The molecule has 0 bridgehead atoms. The van der Waals surface area contributed by atoms with Gasteiger partial charge in [-0.05, 0) is 38.4 Å². The van der Waals surface area contributed by atoms with E-state index in [1.165, 1.54) is 11.4 Å². The van der Waals surface area contributed by atoms with Crippen LogP contribution in [0.25, 0.3) is 0 Å². The molecule has 1 aromatic rings. The quantitative estimate of drug-likeness (QED) is 0.738. The SMILES string of the molecule is CCOC(=O)CN1CCCC1c1ccc(CN2CCOCC2)n1C. The summed E-state index contributed by atoms with van der Waals surface area (Å²) < 4.78 is 12.9. The maximum Gasteiger partial charge on any atom is 0.320 e. The summed E-state index contributed by atoms with van der Waals surface area (Å²) in [4.78, 5) is 16.5. The molecule has 2 aliphatic rings. The molecule has 2 saturated heterocycles. The van der Waals surface area contributed by atoms with E-state index in [4.69, 9.17) is 9.47 Å². The van der Waals surface area contributed by atoms with Crippen LogP contribution >= 0.6 is 0 Å². The van der Waals surface area contributed by atoms with Crippen molar-refractivity contribution in [2.45, 2.75) is 32.4 Å². The first-order valence-electron chi connectivity index (χ1n) is 9.03. The molecule has 2 fully saturated rings. The number of esters is 1. The molecular weight excluding hydrogens is 306 g/mol. The molecular formula is C18H29N3O3. The Morgan fingerprint density at radius 1 is 1.29 bits per heavy atom. The van der Waals surface area contributed by atoms with Crippen LogP contribution in [0.15, 0.2) is 12.1 Å². The molecule has 24 heavy (non-hydrogen) atoms. The van der Waals surface area contributed by atoms with Crippen molar-refractivity contribution in [3.8, 4) is 0 Å². The zero-order chi connectivity index (χ0) is 16.9. The van der Waals surface area contributed by atoms with Gasteiger partial charge in [-0.25, -0.2) is 0 Å². The average Bonchev–Trinajstić information content (AvgIpc) is 3.16. The van der Waals surface area contributed by atoms with Crippen molar-refractivity contribution in [2.75, 3.05) is 46.0 Å². The van der Waals surface area contributed by atoms with Gasteiger partial charge in [-0.1, -0.05) is 0 Å². The van der Waals surface area contributed by atoms with Gasteiger partial charge in [-0.3, -0.25) is 14.6 Å². The number of ether oxygens (including phenoxy) is 2. The van der Waals surface area contributed by atoms with Gasteiger partial charge in [0.2, 0.25) is 0 Å². The number of hydrogen-bond donors (Lipinski definition) is 0. The molecule has 0 aliphatic carbocycles. The monoisotopic (exact) mass is 335 g/mol. The molecule has 134 valence electrons. The zero-order valence-corrected chi connectivity index (χ0v) is 14.9. The van der Waals surface area contributed by atoms with Crippen molar-refractivity contribution >= 4 is 5.97 Å². The fourth-order valence-electron chi connectivity index (χ4n) is 3.78. The van der Waals surface area contributed by atoms with E-state index >= 15 is 0 Å². The number of nitrogens with zero attached hydrogens (tertiary/aromatic N) is 3. The van der Waals surface area contributed by atoms with Gasteiger partial charge in [0.1, 0.15) is 0 Å². The van der Waals surface area contributed by atoms with Crippen molar-refractivity contribution in [3.05, 3.63) is 23.5 Å². The van der Waals surface area contributed by atoms with E-state index in [-0.39, 0.29) is 5.97 Å². The normalized spacial score (nSPS) is 22.8. The maximum absolute atomic E-state index is 11.8. The van der Waals surface area contributed by atoms with Crippen molar-refractivity contribution in [3.63, 3.8) is 0 Å². The number of carbonyl (C=O) groups excluding carboxylic acids is 1. The lowest BCUT2D eigenvalue weighted by atomic mass is 10.1. The Morgan fingerprint density at radius 3 is 2.83 bits per heavy atom. The van der Waals surface area contributed by atoms with Crippen LogP contribution in [0.2, 0.25) is 0 Å². The predicted molar refractivity (Wildman–Crippen MR) is 91.7 cm³/mol. The molecule has 0 radical (unpaired) electrons. The van der Waals surface area contributed by atoms with Crippen LogP contribution in [0.3, 0.4) is 0 Å². The predicted octanol–water partition coefficient (Wildman–Crippen LogP) is 1.56. The molecule has 2 aliphatic heterocycles.